The van der Waals surface area contributed by atoms with Gasteiger partial charge in [0.05, 0.1) is 17.7 Å². The van der Waals surface area contributed by atoms with Crippen LogP contribution in [0.25, 0.3) is 0 Å². The number of hydrogen-bond donors (Lipinski definition) is 0. The van der Waals surface area contributed by atoms with Gasteiger partial charge in [-0.25, -0.2) is 9.97 Å². The smallest absolute Gasteiger partial charge is 0.308 e. The molecule has 138 valence electrons. The minimum absolute atomic E-state index is 0.0202. The zero-order valence-electron chi connectivity index (χ0n) is 15.9. The maximum absolute atomic E-state index is 12.6. The fourth-order valence-electron chi connectivity index (χ4n) is 2.44. The second-order valence-corrected chi connectivity index (χ2v) is 9.90. The lowest BCUT2D eigenvalue weighted by Gasteiger charge is -2.28. The first kappa shape index (κ1) is 19.7. The van der Waals surface area contributed by atoms with E-state index in [9.17, 15) is 9.59 Å². The van der Waals surface area contributed by atoms with Crippen molar-refractivity contribution >= 4 is 23.6 Å². The summed E-state index contributed by atoms with van der Waals surface area (Å²) in [6.07, 6.45) is 2.48. The van der Waals surface area contributed by atoms with E-state index in [0.717, 1.165) is 5.69 Å². The molecule has 0 spiro atoms. The predicted molar refractivity (Wildman–Crippen MR) is 97.7 cm³/mol. The van der Waals surface area contributed by atoms with Gasteiger partial charge in [-0.2, -0.15) is 0 Å². The molecule has 6 nitrogen and oxygen atoms in total. The van der Waals surface area contributed by atoms with Crippen LogP contribution in [0.5, 0.6) is 0 Å². The van der Waals surface area contributed by atoms with E-state index in [1.54, 1.807) is 22.9 Å². The molecule has 0 aromatic carbocycles. The monoisotopic (exact) mass is 365 g/mol. The average molecular weight is 365 g/mol. The summed E-state index contributed by atoms with van der Waals surface area (Å²) in [5.74, 6) is -0.406. The van der Waals surface area contributed by atoms with Gasteiger partial charge in [-0.1, -0.05) is 32.5 Å². The van der Waals surface area contributed by atoms with E-state index in [4.69, 9.17) is 4.74 Å². The summed E-state index contributed by atoms with van der Waals surface area (Å²) >= 11 is 1.59. The van der Waals surface area contributed by atoms with E-state index in [1.165, 1.54) is 0 Å². The molecule has 0 radical (unpaired) electrons. The Labute approximate surface area is 153 Å². The van der Waals surface area contributed by atoms with Gasteiger partial charge in [0.2, 0.25) is 0 Å². The fraction of sp³-hybridized carbons (Fsp3) is 0.667. The second-order valence-electron chi connectivity index (χ2n) is 8.11. The molecule has 1 aliphatic heterocycles. The quantitative estimate of drug-likeness (QED) is 0.464. The predicted octanol–water partition coefficient (Wildman–Crippen LogP) is 3.10. The molecule has 7 heteroatoms. The lowest BCUT2D eigenvalue weighted by Crippen LogP contribution is -2.40. The first-order chi connectivity index (χ1) is 11.4. The minimum Gasteiger partial charge on any atom is -0.460 e. The molecule has 25 heavy (non-hydrogen) atoms. The normalized spacial score (nSPS) is 15.1. The summed E-state index contributed by atoms with van der Waals surface area (Å²) in [4.78, 5) is 35.0. The third-order valence-electron chi connectivity index (χ3n) is 3.39. The number of carbonyl (C=O) groups is 2. The molecule has 0 unspecified atom stereocenters. The Kier molecular flexibility index (Phi) is 5.76. The van der Waals surface area contributed by atoms with Crippen LogP contribution in [0.1, 0.15) is 64.0 Å². The molecule has 0 atom stereocenters. The molecule has 0 saturated heterocycles. The molecule has 1 amide bonds. The number of thioether (sulfide) groups is 1. The SMILES string of the molecule is CC(C)(C)OC(=O)CCN1CCc2nc(SC(C)(C)C)ncc2C1=O. The largest absolute Gasteiger partial charge is 0.460 e. The summed E-state index contributed by atoms with van der Waals surface area (Å²) in [5, 5.41) is 0.696. The summed E-state index contributed by atoms with van der Waals surface area (Å²) in [6.45, 7) is 12.7. The maximum atomic E-state index is 12.6. The molecule has 2 heterocycles. The molecule has 1 aliphatic rings. The van der Waals surface area contributed by atoms with Crippen molar-refractivity contribution in [1.82, 2.24) is 14.9 Å². The van der Waals surface area contributed by atoms with Crippen molar-refractivity contribution in [2.24, 2.45) is 0 Å². The lowest BCUT2D eigenvalue weighted by molar-refractivity contribution is -0.155. The van der Waals surface area contributed by atoms with Crippen molar-refractivity contribution in [3.63, 3.8) is 0 Å². The van der Waals surface area contributed by atoms with Gasteiger partial charge >= 0.3 is 5.97 Å². The van der Waals surface area contributed by atoms with Gasteiger partial charge in [0, 0.05) is 30.5 Å². The molecule has 0 fully saturated rings. The van der Waals surface area contributed by atoms with Crippen LogP contribution in [0.3, 0.4) is 0 Å². The number of aromatic nitrogens is 2. The van der Waals surface area contributed by atoms with E-state index in [0.29, 0.717) is 30.2 Å². The molecule has 0 aliphatic carbocycles. The Morgan fingerprint density at radius 1 is 1.28 bits per heavy atom. The Morgan fingerprint density at radius 3 is 2.56 bits per heavy atom. The zero-order valence-corrected chi connectivity index (χ0v) is 16.7. The first-order valence-electron chi connectivity index (χ1n) is 8.51. The number of esters is 1. The van der Waals surface area contributed by atoms with Crippen LogP contribution >= 0.6 is 11.8 Å². The van der Waals surface area contributed by atoms with Crippen molar-refractivity contribution < 1.29 is 14.3 Å². The third kappa shape index (κ3) is 5.99. The van der Waals surface area contributed by atoms with E-state index in [2.05, 4.69) is 30.7 Å². The van der Waals surface area contributed by atoms with E-state index in [1.807, 2.05) is 20.8 Å². The molecule has 0 bridgehead atoms. The summed E-state index contributed by atoms with van der Waals surface area (Å²) < 4.78 is 5.31. The van der Waals surface area contributed by atoms with Crippen molar-refractivity contribution in [3.8, 4) is 0 Å². The Bertz CT molecular complexity index is 663. The Morgan fingerprint density at radius 2 is 1.96 bits per heavy atom. The van der Waals surface area contributed by atoms with Crippen molar-refractivity contribution in [2.75, 3.05) is 13.1 Å². The lowest BCUT2D eigenvalue weighted by atomic mass is 10.1. The van der Waals surface area contributed by atoms with Crippen LogP contribution in [0.2, 0.25) is 0 Å². The molecular formula is C18H27N3O3S. The van der Waals surface area contributed by atoms with Crippen LogP contribution in [-0.4, -0.2) is 50.2 Å². The highest BCUT2D eigenvalue weighted by atomic mass is 32.2. The maximum Gasteiger partial charge on any atom is 0.308 e. The van der Waals surface area contributed by atoms with Gasteiger partial charge < -0.3 is 9.64 Å². The van der Waals surface area contributed by atoms with Crippen molar-refractivity contribution in [1.29, 1.82) is 0 Å². The number of rotatable bonds is 4. The number of amides is 1. The first-order valence-corrected chi connectivity index (χ1v) is 9.32. The van der Waals surface area contributed by atoms with Crippen LogP contribution in [0, 0.1) is 0 Å². The van der Waals surface area contributed by atoms with Crippen LogP contribution < -0.4 is 0 Å². The number of carbonyl (C=O) groups excluding carboxylic acids is 2. The number of ether oxygens (including phenoxy) is 1. The van der Waals surface area contributed by atoms with Gasteiger partial charge in [0.1, 0.15) is 5.60 Å². The number of nitrogens with zero attached hydrogens (tertiary/aromatic N) is 3. The fourth-order valence-corrected chi connectivity index (χ4v) is 3.24. The van der Waals surface area contributed by atoms with Crippen LogP contribution in [-0.2, 0) is 16.0 Å². The average Bonchev–Trinajstić information content (AvgIpc) is 2.43. The minimum atomic E-state index is -0.509. The van der Waals surface area contributed by atoms with E-state index < -0.39 is 5.60 Å². The standard InChI is InChI=1S/C18H27N3O3S/c1-17(2,3)24-14(22)8-10-21-9-7-13-12(15(21)23)11-19-16(20-13)25-18(4,5)6/h11H,7-10H2,1-6H3. The van der Waals surface area contributed by atoms with E-state index in [-0.39, 0.29) is 23.0 Å². The summed E-state index contributed by atoms with van der Waals surface area (Å²) in [7, 11) is 0. The highest BCUT2D eigenvalue weighted by Crippen LogP contribution is 2.30. The molecule has 0 saturated carbocycles. The molecule has 2 rings (SSSR count). The van der Waals surface area contributed by atoms with Gasteiger partial charge in [-0.05, 0) is 20.8 Å². The number of fused-ring (bicyclic) bond motifs is 1. The Hall–Kier alpha value is -1.63. The van der Waals surface area contributed by atoms with Gasteiger partial charge in [0.15, 0.2) is 5.16 Å². The van der Waals surface area contributed by atoms with Crippen LogP contribution in [0.15, 0.2) is 11.4 Å². The Balaban J connectivity index is 2.00. The summed E-state index contributed by atoms with van der Waals surface area (Å²) in [6, 6.07) is 0. The topological polar surface area (TPSA) is 72.4 Å². The van der Waals surface area contributed by atoms with Crippen molar-refractivity contribution in [2.45, 2.75) is 69.9 Å². The zero-order chi connectivity index (χ0) is 18.8. The van der Waals surface area contributed by atoms with Crippen LogP contribution in [0.4, 0.5) is 0 Å². The highest BCUT2D eigenvalue weighted by Gasteiger charge is 2.28. The highest BCUT2D eigenvalue weighted by molar-refractivity contribution is 8.00. The molecule has 1 aromatic heterocycles. The molecular weight excluding hydrogens is 338 g/mol. The summed E-state index contributed by atoms with van der Waals surface area (Å²) in [5.41, 5.74) is 0.818. The van der Waals surface area contributed by atoms with Gasteiger partial charge in [-0.3, -0.25) is 9.59 Å². The third-order valence-corrected chi connectivity index (χ3v) is 4.38. The molecule has 1 aromatic rings. The second kappa shape index (κ2) is 7.32. The molecule has 0 N–H and O–H groups in total. The number of hydrogen-bond acceptors (Lipinski definition) is 6. The van der Waals surface area contributed by atoms with Gasteiger partial charge in [0.25, 0.3) is 5.91 Å². The van der Waals surface area contributed by atoms with Gasteiger partial charge in [-0.15, -0.1) is 0 Å². The van der Waals surface area contributed by atoms with E-state index >= 15 is 0 Å². The van der Waals surface area contributed by atoms with Crippen molar-refractivity contribution in [3.05, 3.63) is 17.5 Å².